The van der Waals surface area contributed by atoms with Gasteiger partial charge in [-0.1, -0.05) is 64.2 Å². The van der Waals surface area contributed by atoms with Crippen LogP contribution in [0.1, 0.15) is 142 Å². The number of Topliss-reactive ketones (excluding diaryl/α,β-unsaturated/α-hetero) is 2. The molecule has 0 spiro atoms. The molecule has 1 saturated carbocycles. The molecule has 2 bridgehead atoms. The van der Waals surface area contributed by atoms with Crippen LogP contribution in [0, 0.1) is 36.5 Å². The fraction of sp³-hybridized carbons (Fsp3) is 0.714. The fourth-order valence-electron chi connectivity index (χ4n) is 15.8. The Hall–Kier alpha value is -6.66. The topological polar surface area (TPSA) is 314 Å². The molecular formula is C77H117N11O16. The van der Waals surface area contributed by atoms with Crippen LogP contribution in [-0.4, -0.2) is 266 Å². The first-order valence-corrected chi connectivity index (χ1v) is 37.8. The van der Waals surface area contributed by atoms with Gasteiger partial charge in [0.1, 0.15) is 30.5 Å². The Labute approximate surface area is 614 Å². The Bertz CT molecular complexity index is 3310. The summed E-state index contributed by atoms with van der Waals surface area (Å²) >= 11 is 0. The van der Waals surface area contributed by atoms with Crippen molar-refractivity contribution in [1.82, 2.24) is 39.5 Å². The van der Waals surface area contributed by atoms with Crippen LogP contribution in [0.15, 0.2) is 66.2 Å². The Morgan fingerprint density at radius 1 is 0.721 bits per heavy atom. The first-order valence-electron chi connectivity index (χ1n) is 37.8. The molecule has 2 aromatic rings. The number of cyclic esters (lactones) is 1. The summed E-state index contributed by atoms with van der Waals surface area (Å²) in [5, 5.41) is 24.0. The second-order valence-electron chi connectivity index (χ2n) is 30.0. The highest BCUT2D eigenvalue weighted by molar-refractivity contribution is 6.39. The highest BCUT2D eigenvalue weighted by Crippen LogP contribution is 2.38. The summed E-state index contributed by atoms with van der Waals surface area (Å²) < 4.78 is 48.8. The molecule has 1 aliphatic carbocycles. The van der Waals surface area contributed by atoms with Crippen molar-refractivity contribution in [3.05, 3.63) is 83.0 Å². The molecule has 2 aromatic heterocycles. The number of anilines is 2. The van der Waals surface area contributed by atoms with E-state index in [0.29, 0.717) is 135 Å². The first kappa shape index (κ1) is 81.4. The van der Waals surface area contributed by atoms with E-state index in [1.165, 1.54) is 19.1 Å². The van der Waals surface area contributed by atoms with Crippen molar-refractivity contribution in [2.24, 2.45) is 35.3 Å². The summed E-state index contributed by atoms with van der Waals surface area (Å²) in [7, 11) is 6.11. The van der Waals surface area contributed by atoms with Crippen molar-refractivity contribution in [2.75, 3.05) is 123 Å². The van der Waals surface area contributed by atoms with E-state index in [9.17, 15) is 39.0 Å². The van der Waals surface area contributed by atoms with Gasteiger partial charge in [0.2, 0.25) is 23.6 Å². The number of hydrogen-bond donors (Lipinski definition) is 3. The van der Waals surface area contributed by atoms with Gasteiger partial charge in [0.05, 0.1) is 56.3 Å². The van der Waals surface area contributed by atoms with Crippen LogP contribution in [0.3, 0.4) is 0 Å². The number of carbonyl (C=O) groups is 6. The van der Waals surface area contributed by atoms with Crippen LogP contribution in [0.25, 0.3) is 0 Å². The number of aliphatic hydroxyl groups is 2. The van der Waals surface area contributed by atoms with Crippen molar-refractivity contribution in [3.8, 4) is 0 Å². The lowest BCUT2D eigenvalue weighted by Gasteiger charge is -2.43. The highest BCUT2D eigenvalue weighted by atomic mass is 16.6. The molecule has 0 aromatic carbocycles. The maximum Gasteiger partial charge on any atom is 0.410 e. The lowest BCUT2D eigenvalue weighted by molar-refractivity contribution is -0.265. The van der Waals surface area contributed by atoms with Crippen molar-refractivity contribution in [1.29, 1.82) is 0 Å². The van der Waals surface area contributed by atoms with Gasteiger partial charge in [-0.25, -0.2) is 29.5 Å². The molecule has 16 atom stereocenters. The number of aryl methyl sites for hydroxylation is 1. The number of piperazine rings is 2. The van der Waals surface area contributed by atoms with Gasteiger partial charge in [-0.3, -0.25) is 24.1 Å². The zero-order valence-electron chi connectivity index (χ0n) is 63.3. The summed E-state index contributed by atoms with van der Waals surface area (Å²) in [6.07, 6.45) is 15.9. The minimum absolute atomic E-state index is 0.00379. The maximum atomic E-state index is 14.9. The molecule has 27 heteroatoms. The third-order valence-corrected chi connectivity index (χ3v) is 22.4. The molecule has 8 heterocycles. The molecule has 5 fully saturated rings. The molecule has 3 amide bonds. The zero-order chi connectivity index (χ0) is 74.8. The highest BCUT2D eigenvalue weighted by Gasteiger charge is 2.53. The fourth-order valence-corrected chi connectivity index (χ4v) is 15.8. The van der Waals surface area contributed by atoms with Crippen molar-refractivity contribution >= 4 is 47.3 Å². The normalized spacial score (nSPS) is 32.2. The van der Waals surface area contributed by atoms with E-state index in [4.69, 9.17) is 53.6 Å². The number of amides is 3. The van der Waals surface area contributed by atoms with Crippen molar-refractivity contribution < 1.29 is 76.9 Å². The first-order chi connectivity index (χ1) is 49.9. The van der Waals surface area contributed by atoms with E-state index in [1.54, 1.807) is 39.2 Å². The summed E-state index contributed by atoms with van der Waals surface area (Å²) in [6, 6.07) is -1.99. The van der Waals surface area contributed by atoms with E-state index in [-0.39, 0.29) is 49.5 Å². The number of hydrogen-bond acceptors (Lipinski definition) is 24. The predicted molar refractivity (Wildman–Crippen MR) is 390 cm³/mol. The van der Waals surface area contributed by atoms with Crippen LogP contribution in [0.4, 0.5) is 16.7 Å². The largest absolute Gasteiger partial charge is 0.459 e. The number of piperidine rings is 1. The van der Waals surface area contributed by atoms with E-state index in [0.717, 1.165) is 61.1 Å². The zero-order valence-corrected chi connectivity index (χ0v) is 63.3. The number of nitrogens with two attached hydrogens (primary N) is 1. The minimum Gasteiger partial charge on any atom is -0.459 e. The second-order valence-corrected chi connectivity index (χ2v) is 30.0. The van der Waals surface area contributed by atoms with Gasteiger partial charge in [0, 0.05) is 168 Å². The third kappa shape index (κ3) is 21.4. The smallest absolute Gasteiger partial charge is 0.410 e. The minimum atomic E-state index is -2.47. The predicted octanol–water partition coefficient (Wildman–Crippen LogP) is 6.29. The monoisotopic (exact) mass is 1450 g/mol. The van der Waals surface area contributed by atoms with Crippen LogP contribution in [-0.2, 0) is 74.8 Å². The number of carbonyl (C=O) groups excluding carboxylic acids is 6. The molecule has 0 radical (unpaired) electrons. The number of rotatable bonds is 16. The number of aromatic nitrogens is 4. The number of esters is 1. The molecule has 4 N–H and O–H groups in total. The van der Waals surface area contributed by atoms with Gasteiger partial charge in [0.25, 0.3) is 11.7 Å². The molecule has 104 heavy (non-hydrogen) atoms. The molecule has 4 saturated heterocycles. The van der Waals surface area contributed by atoms with Gasteiger partial charge in [0.15, 0.2) is 5.78 Å². The summed E-state index contributed by atoms with van der Waals surface area (Å²) in [5.74, 6) is -5.94. The lowest BCUT2D eigenvalue weighted by atomic mass is 9.80. The van der Waals surface area contributed by atoms with E-state index in [2.05, 4.69) is 24.7 Å². The average molecular weight is 1450 g/mol. The van der Waals surface area contributed by atoms with Gasteiger partial charge in [-0.05, 0) is 114 Å². The number of allylic oxidation sites excluding steroid dienone is 5. The van der Waals surface area contributed by atoms with Crippen LogP contribution in [0.5, 0.6) is 0 Å². The number of aliphatic hydroxyl groups excluding tert-OH is 1. The SMILES string of the molecule is CO[C@H]1C[C@@H]2CC[C@@H](C)[C@@](O)(O2)C(=O)C(=O)N2CCCC[C@H]2C(=O)O[C@H]([C@H](N)C[C@@H]2CC[C@@H](OC(=O)N3CCc4nc(N5CCN(C(=O)CCOCCN6CCN(c7ncc(C)cn7)CC6)CC5)ncc4C3)[C@H](OC)C2)C[C@@H](OC)C(C)/C=C(\C)[C@@H](O)[C@@H](OC)C(=O)[C@H](C)C[C@H](C)/C=C/C=CC=C1C. The van der Waals surface area contributed by atoms with Crippen LogP contribution >= 0.6 is 0 Å². The van der Waals surface area contributed by atoms with E-state index in [1.807, 2.05) is 88.4 Å². The number of fused-ring (bicyclic) bond motifs is 4. The van der Waals surface area contributed by atoms with Gasteiger partial charge >= 0.3 is 12.1 Å². The quantitative estimate of drug-likeness (QED) is 0.0720. The van der Waals surface area contributed by atoms with Crippen molar-refractivity contribution in [2.45, 2.75) is 212 Å². The molecule has 576 valence electrons. The standard InChI is InChI=1S/C77H117N11O16/c1-49-17-13-12-14-18-51(3)63(97-8)43-58-22-20-55(7)77(96,104-58)71(92)72(93)88-26-16-15-19-61(88)73(94)102-65(44-64(98-9)52(4)40-54(6)69(91)70(100-11)68(90)53(5)39-49)59(78)41-56-21-23-62(66(42-56)99-10)103-76(95)87-27-24-60-57(48-87)47-81-75(82-60)86-34-32-84(33-35-86)67(89)25-37-101-38-36-83-28-30-85(31-29-83)74-79-45-50(2)46-80-74/h12-14,17-18,40,45-47,49,52-53,55-56,58-59,61-66,69-70,91,96H,15-16,19-39,41-44,48,78H2,1-11H3/b14-12?,17-13+,51-18?,54-40+/t49-,52?,53-,55-,56+,58+,59-,61+,62-,63+,64-,65+,66-,69-,70+,77-/m1/s1. The number of ether oxygens (including phenoxy) is 8. The van der Waals surface area contributed by atoms with Crippen molar-refractivity contribution in [3.63, 3.8) is 0 Å². The van der Waals surface area contributed by atoms with Gasteiger partial charge in [-0.2, -0.15) is 0 Å². The van der Waals surface area contributed by atoms with Crippen LogP contribution in [0.2, 0.25) is 0 Å². The Morgan fingerprint density at radius 2 is 1.43 bits per heavy atom. The lowest BCUT2D eigenvalue weighted by Crippen LogP contribution is -2.61. The second kappa shape index (κ2) is 38.7. The third-order valence-electron chi connectivity index (χ3n) is 22.4. The molecule has 9 rings (SSSR count). The molecular weight excluding hydrogens is 1330 g/mol. The van der Waals surface area contributed by atoms with E-state index < -0.39 is 108 Å². The van der Waals surface area contributed by atoms with E-state index >= 15 is 0 Å². The summed E-state index contributed by atoms with van der Waals surface area (Å²) in [6.45, 7) is 21.3. The Morgan fingerprint density at radius 3 is 2.14 bits per heavy atom. The average Bonchev–Trinajstić information content (AvgIpc) is 0.773. The number of methoxy groups -OCH3 is 4. The summed E-state index contributed by atoms with van der Waals surface area (Å²) in [5.41, 5.74) is 11.3. The number of ketones is 2. The molecule has 6 aliphatic heterocycles. The molecule has 7 aliphatic rings. The maximum absolute atomic E-state index is 14.9. The Kier molecular flexibility index (Phi) is 30.3. The number of nitrogens with zero attached hydrogens (tertiary/aromatic N) is 10. The molecule has 27 nitrogen and oxygen atoms in total. The summed E-state index contributed by atoms with van der Waals surface area (Å²) in [4.78, 5) is 115. The van der Waals surface area contributed by atoms with Gasteiger partial charge in [-0.15, -0.1) is 0 Å². The molecule has 1 unspecified atom stereocenters. The Balaban J connectivity index is 0.806. The van der Waals surface area contributed by atoms with Gasteiger partial charge < -0.3 is 78.3 Å². The van der Waals surface area contributed by atoms with Crippen LogP contribution < -0.4 is 15.5 Å².